The van der Waals surface area contributed by atoms with Crippen molar-refractivity contribution in [1.29, 1.82) is 0 Å². The van der Waals surface area contributed by atoms with Gasteiger partial charge in [-0.3, -0.25) is 19.4 Å². The number of nitrogens with zero attached hydrogens (tertiary/aromatic N) is 2. The number of hydrogen-bond acceptors (Lipinski definition) is 11. The zero-order valence-electron chi connectivity index (χ0n) is 18.4. The lowest BCUT2D eigenvalue weighted by Crippen LogP contribution is -2.50. The third kappa shape index (κ3) is 6.25. The molecule has 1 aromatic carbocycles. The van der Waals surface area contributed by atoms with Gasteiger partial charge in [0.2, 0.25) is 12.4 Å². The number of rotatable bonds is 11. The van der Waals surface area contributed by atoms with Crippen LogP contribution in [0, 0.1) is 0 Å². The molecule has 2 atom stereocenters. The van der Waals surface area contributed by atoms with E-state index in [9.17, 15) is 34.2 Å². The van der Waals surface area contributed by atoms with Gasteiger partial charge in [-0.2, -0.15) is 4.98 Å². The lowest BCUT2D eigenvalue weighted by atomic mass is 10.1. The zero-order chi connectivity index (χ0) is 25.5. The lowest BCUT2D eigenvalue weighted by molar-refractivity contribution is -0.310. The highest BCUT2D eigenvalue weighted by molar-refractivity contribution is 5.96. The van der Waals surface area contributed by atoms with Gasteiger partial charge in [-0.25, -0.2) is 0 Å². The van der Waals surface area contributed by atoms with E-state index in [1.807, 2.05) is 0 Å². The molecular weight excluding hydrogens is 462 g/mol. The average Bonchev–Trinajstić information content (AvgIpc) is 2.81. The average molecular weight is 485 g/mol. The number of fused-ring (bicyclic) bond motifs is 1. The molecule has 1 aliphatic heterocycles. The molecule has 1 aliphatic rings. The van der Waals surface area contributed by atoms with Crippen LogP contribution in [0.5, 0.6) is 0 Å². The second-order valence-electron chi connectivity index (χ2n) is 7.76. The number of nitrogens with one attached hydrogen (secondary N) is 4. The summed E-state index contributed by atoms with van der Waals surface area (Å²) >= 11 is 0. The fourth-order valence-electron chi connectivity index (χ4n) is 3.57. The van der Waals surface area contributed by atoms with Crippen molar-refractivity contribution in [2.24, 2.45) is 0 Å². The Morgan fingerprint density at radius 1 is 1.26 bits per heavy atom. The van der Waals surface area contributed by atoms with E-state index < -0.39 is 35.5 Å². The van der Waals surface area contributed by atoms with E-state index in [-0.39, 0.29) is 48.8 Å². The smallest absolute Gasteiger partial charge is 0.278 e. The number of aliphatic carboxylic acids is 2. The van der Waals surface area contributed by atoms with Crippen molar-refractivity contribution < 1.29 is 29.4 Å². The van der Waals surface area contributed by atoms with Crippen molar-refractivity contribution >= 4 is 47.4 Å². The summed E-state index contributed by atoms with van der Waals surface area (Å²) in [5, 5.41) is 30.1. The predicted octanol–water partition coefficient (Wildman–Crippen LogP) is -3.01. The second-order valence-corrected chi connectivity index (χ2v) is 7.76. The van der Waals surface area contributed by atoms with Crippen molar-refractivity contribution in [1.82, 2.24) is 15.3 Å². The number of carboxylic acid groups (broad SMARTS) is 2. The molecule has 6 N–H and O–H groups in total. The van der Waals surface area contributed by atoms with Crippen molar-refractivity contribution in [2.45, 2.75) is 31.3 Å². The fourth-order valence-corrected chi connectivity index (χ4v) is 3.57. The molecule has 0 saturated carbocycles. The minimum absolute atomic E-state index is 0.0116. The first-order valence-electron chi connectivity index (χ1n) is 10.6. The second kappa shape index (κ2) is 11.0. The molecule has 2 amide bonds. The van der Waals surface area contributed by atoms with Gasteiger partial charge in [-0.1, -0.05) is 0 Å². The van der Waals surface area contributed by atoms with Crippen LogP contribution < -0.4 is 42.4 Å². The highest BCUT2D eigenvalue weighted by atomic mass is 16.4. The van der Waals surface area contributed by atoms with Gasteiger partial charge in [-0.05, 0) is 43.5 Å². The van der Waals surface area contributed by atoms with Crippen LogP contribution in [0.3, 0.4) is 0 Å². The normalized spacial score (nSPS) is 15.3. The van der Waals surface area contributed by atoms with Gasteiger partial charge in [0.1, 0.15) is 0 Å². The number of hydrogen-bond donors (Lipinski definition) is 5. The van der Waals surface area contributed by atoms with Gasteiger partial charge in [-0.15, -0.1) is 0 Å². The third-order valence-electron chi connectivity index (χ3n) is 5.34. The standard InChI is InChI=1S/C21H25N7O7/c22-21-26-17-16(19(33)27-21)28(10-29)13(9-24-17)8-23-12-6-4-11(5-7-12)18(32)25-14(20(34)35)2-1-3-15(30)31/h4-7,10,13-14,23H,1-3,8-9H2,(H,25,32)(H,30,31)(H,34,35)(H4,22,24,26,27,33)/p-2/t13-,14+/m1/s1. The number of nitrogens with two attached hydrogens (primary N) is 1. The molecule has 1 aromatic heterocycles. The molecule has 3 rings (SSSR count). The number of amides is 2. The number of nitrogen functional groups attached to an aromatic ring is 1. The lowest BCUT2D eigenvalue weighted by Gasteiger charge is -2.34. The summed E-state index contributed by atoms with van der Waals surface area (Å²) < 4.78 is 0. The van der Waals surface area contributed by atoms with Crippen molar-refractivity contribution in [2.75, 3.05) is 34.4 Å². The first-order chi connectivity index (χ1) is 16.7. The van der Waals surface area contributed by atoms with Gasteiger partial charge in [0, 0.05) is 30.3 Å². The summed E-state index contributed by atoms with van der Waals surface area (Å²) in [7, 11) is 0. The molecule has 0 spiro atoms. The molecule has 0 saturated heterocycles. The molecule has 14 nitrogen and oxygen atoms in total. The summed E-state index contributed by atoms with van der Waals surface area (Å²) in [5.74, 6) is -3.36. The number of anilines is 4. The number of aromatic amines is 1. The minimum Gasteiger partial charge on any atom is -0.550 e. The van der Waals surface area contributed by atoms with Crippen molar-refractivity contribution in [3.63, 3.8) is 0 Å². The van der Waals surface area contributed by atoms with Crippen molar-refractivity contribution in [3.8, 4) is 0 Å². The zero-order valence-corrected chi connectivity index (χ0v) is 18.4. The molecule has 0 aliphatic carbocycles. The molecule has 186 valence electrons. The highest BCUT2D eigenvalue weighted by Crippen LogP contribution is 2.25. The summed E-state index contributed by atoms with van der Waals surface area (Å²) in [6.07, 6.45) is 0.103. The van der Waals surface area contributed by atoms with E-state index >= 15 is 0 Å². The van der Waals surface area contributed by atoms with Crippen LogP contribution in [-0.4, -0.2) is 59.4 Å². The Balaban J connectivity index is 1.59. The van der Waals surface area contributed by atoms with Crippen LogP contribution >= 0.6 is 0 Å². The van der Waals surface area contributed by atoms with Gasteiger partial charge >= 0.3 is 0 Å². The Morgan fingerprint density at radius 2 is 1.97 bits per heavy atom. The molecule has 14 heteroatoms. The molecule has 0 fully saturated rings. The highest BCUT2D eigenvalue weighted by Gasteiger charge is 2.29. The Morgan fingerprint density at radius 3 is 2.60 bits per heavy atom. The molecule has 0 bridgehead atoms. The summed E-state index contributed by atoms with van der Waals surface area (Å²) in [4.78, 5) is 65.6. The van der Waals surface area contributed by atoms with Crippen molar-refractivity contribution in [3.05, 3.63) is 40.2 Å². The van der Waals surface area contributed by atoms with Crippen LogP contribution in [0.2, 0.25) is 0 Å². The molecule has 2 aromatic rings. The number of carboxylic acids is 2. The quantitative estimate of drug-likeness (QED) is 0.201. The van der Waals surface area contributed by atoms with E-state index in [4.69, 9.17) is 5.73 Å². The van der Waals surface area contributed by atoms with E-state index in [1.165, 1.54) is 17.0 Å². The van der Waals surface area contributed by atoms with Gasteiger partial charge in [0.05, 0.1) is 18.1 Å². The first kappa shape index (κ1) is 25.0. The van der Waals surface area contributed by atoms with Crippen LogP contribution in [0.25, 0.3) is 0 Å². The minimum atomic E-state index is -1.52. The van der Waals surface area contributed by atoms with E-state index in [2.05, 4.69) is 25.9 Å². The number of carbonyl (C=O) groups excluding carboxylic acids is 4. The summed E-state index contributed by atoms with van der Waals surface area (Å²) in [6, 6.07) is 4.33. The Labute approximate surface area is 198 Å². The Kier molecular flexibility index (Phi) is 7.86. The maximum atomic E-state index is 12.4. The largest absolute Gasteiger partial charge is 0.550 e. The molecule has 35 heavy (non-hydrogen) atoms. The van der Waals surface area contributed by atoms with Gasteiger partial charge in [0.15, 0.2) is 11.5 Å². The monoisotopic (exact) mass is 485 g/mol. The van der Waals surface area contributed by atoms with E-state index in [1.54, 1.807) is 12.1 Å². The van der Waals surface area contributed by atoms with Gasteiger partial charge in [0.25, 0.3) is 11.5 Å². The van der Waals surface area contributed by atoms with Gasteiger partial charge < -0.3 is 46.4 Å². The van der Waals surface area contributed by atoms with Crippen LogP contribution in [-0.2, 0) is 14.4 Å². The first-order valence-corrected chi connectivity index (χ1v) is 10.6. The van der Waals surface area contributed by atoms with Crippen LogP contribution in [0.4, 0.5) is 23.1 Å². The predicted molar refractivity (Wildman–Crippen MR) is 120 cm³/mol. The number of aromatic nitrogens is 2. The maximum Gasteiger partial charge on any atom is 0.278 e. The molecule has 0 unspecified atom stereocenters. The number of H-pyrrole nitrogens is 1. The van der Waals surface area contributed by atoms with E-state index in [0.29, 0.717) is 18.6 Å². The van der Waals surface area contributed by atoms with E-state index in [0.717, 1.165) is 0 Å². The Hall–Kier alpha value is -4.62. The molecule has 0 radical (unpaired) electrons. The topological polar surface area (TPSA) is 225 Å². The number of benzene rings is 1. The summed E-state index contributed by atoms with van der Waals surface area (Å²) in [5.41, 5.74) is 5.82. The summed E-state index contributed by atoms with van der Waals surface area (Å²) in [6.45, 7) is 0.559. The third-order valence-corrected chi connectivity index (χ3v) is 5.34. The SMILES string of the molecule is Nc1nc2c(c(=O)[nH]1)N(C=O)[C@H](CNc1ccc(C(=O)N[C@@H](CCCC(=O)[O-])C(=O)[O-])cc1)CN2. The molecule has 2 heterocycles. The van der Waals surface area contributed by atoms with Crippen LogP contribution in [0.15, 0.2) is 29.1 Å². The Bertz CT molecular complexity index is 1170. The number of carbonyl (C=O) groups is 4. The fraction of sp³-hybridized carbons (Fsp3) is 0.333. The molecular formula is C21H23N7O7-2. The maximum absolute atomic E-state index is 12.4. The van der Waals surface area contributed by atoms with Crippen LogP contribution in [0.1, 0.15) is 29.6 Å².